The van der Waals surface area contributed by atoms with Crippen molar-refractivity contribution in [3.8, 4) is 0 Å². The van der Waals surface area contributed by atoms with Gasteiger partial charge in [0.15, 0.2) is 0 Å². The highest BCUT2D eigenvalue weighted by Crippen LogP contribution is 2.23. The van der Waals surface area contributed by atoms with Crippen LogP contribution < -0.4 is 10.1 Å². The zero-order valence-electron chi connectivity index (χ0n) is 11.5. The number of sulfonamides is 1. The molecule has 7 heteroatoms. The number of hydrogen-bond donors (Lipinski definition) is 2. The van der Waals surface area contributed by atoms with E-state index in [2.05, 4.69) is 26.1 Å². The third-order valence-electron chi connectivity index (χ3n) is 3.27. The molecule has 0 aromatic heterocycles. The third kappa shape index (κ3) is 4.02. The highest BCUT2D eigenvalue weighted by molar-refractivity contribution is 9.10. The molecule has 1 fully saturated rings. The summed E-state index contributed by atoms with van der Waals surface area (Å²) in [6.45, 7) is 2.25. The number of nitrogens with one attached hydrogen (secondary N) is 2. The maximum Gasteiger partial charge on any atom is 0.254 e. The Morgan fingerprint density at radius 2 is 1.95 bits per heavy atom. The number of hydrazine groups is 1. The van der Waals surface area contributed by atoms with Gasteiger partial charge in [0.25, 0.3) is 10.0 Å². The maximum absolute atomic E-state index is 12.4. The molecule has 0 bridgehead atoms. The Balaban J connectivity index is 2.16. The topological polar surface area (TPSA) is 61.4 Å². The summed E-state index contributed by atoms with van der Waals surface area (Å²) in [4.78, 5) is 2.94. The molecule has 0 spiro atoms. The Morgan fingerprint density at radius 1 is 1.25 bits per heavy atom. The van der Waals surface area contributed by atoms with Crippen molar-refractivity contribution < 1.29 is 8.42 Å². The first-order valence-corrected chi connectivity index (χ1v) is 9.01. The number of hydrogen-bond acceptors (Lipinski definition) is 4. The molecule has 1 aliphatic rings. The van der Waals surface area contributed by atoms with Crippen molar-refractivity contribution in [1.29, 1.82) is 0 Å². The summed E-state index contributed by atoms with van der Waals surface area (Å²) in [6, 6.07) is 5.30. The van der Waals surface area contributed by atoms with Gasteiger partial charge in [-0.25, -0.2) is 13.4 Å². The van der Waals surface area contributed by atoms with Crippen LogP contribution in [0.25, 0.3) is 0 Å². The molecule has 2 N–H and O–H groups in total. The van der Waals surface area contributed by atoms with E-state index in [9.17, 15) is 8.42 Å². The van der Waals surface area contributed by atoms with Crippen LogP contribution in [0, 0.1) is 0 Å². The van der Waals surface area contributed by atoms with Crippen LogP contribution in [0.2, 0.25) is 0 Å². The van der Waals surface area contributed by atoms with Gasteiger partial charge in [0.05, 0.1) is 4.90 Å². The number of benzene rings is 1. The fourth-order valence-corrected chi connectivity index (χ4v) is 4.53. The van der Waals surface area contributed by atoms with Crippen molar-refractivity contribution in [2.75, 3.05) is 20.1 Å². The monoisotopic (exact) mass is 361 g/mol. The quantitative estimate of drug-likeness (QED) is 0.839. The SMILES string of the molecule is CNCc1ccc(S(=O)(=O)NN2CCCCC2)c(Br)c1. The van der Waals surface area contributed by atoms with E-state index in [1.54, 1.807) is 11.1 Å². The van der Waals surface area contributed by atoms with E-state index in [1.165, 1.54) is 6.42 Å². The molecule has 2 rings (SSSR count). The summed E-state index contributed by atoms with van der Waals surface area (Å²) in [5.41, 5.74) is 1.04. The van der Waals surface area contributed by atoms with Gasteiger partial charge in [-0.3, -0.25) is 0 Å². The van der Waals surface area contributed by atoms with Crippen molar-refractivity contribution in [1.82, 2.24) is 15.2 Å². The summed E-state index contributed by atoms with van der Waals surface area (Å²) >= 11 is 3.35. The lowest BCUT2D eigenvalue weighted by Crippen LogP contribution is -2.44. The average Bonchev–Trinajstić information content (AvgIpc) is 2.39. The van der Waals surface area contributed by atoms with E-state index in [1.807, 2.05) is 19.2 Å². The van der Waals surface area contributed by atoms with Gasteiger partial charge >= 0.3 is 0 Å². The molecule has 0 atom stereocenters. The number of piperidine rings is 1. The van der Waals surface area contributed by atoms with Crippen LogP contribution in [-0.2, 0) is 16.6 Å². The second-order valence-corrected chi connectivity index (χ2v) is 7.42. The standard InChI is InChI=1S/C13H20BrN3O2S/c1-15-10-11-5-6-13(12(14)9-11)20(18,19)16-17-7-3-2-4-8-17/h5-6,9,15-16H,2-4,7-8,10H2,1H3. The van der Waals surface area contributed by atoms with E-state index >= 15 is 0 Å². The molecule has 1 aromatic carbocycles. The molecule has 112 valence electrons. The van der Waals surface area contributed by atoms with Crippen molar-refractivity contribution >= 4 is 26.0 Å². The Morgan fingerprint density at radius 3 is 2.55 bits per heavy atom. The van der Waals surface area contributed by atoms with Crippen molar-refractivity contribution in [3.63, 3.8) is 0 Å². The van der Waals surface area contributed by atoms with E-state index in [4.69, 9.17) is 0 Å². The molecule has 0 aliphatic carbocycles. The lowest BCUT2D eigenvalue weighted by molar-refractivity contribution is 0.200. The Bertz CT molecular complexity index is 557. The third-order valence-corrected chi connectivity index (χ3v) is 5.62. The van der Waals surface area contributed by atoms with Gasteiger partial charge in [-0.05, 0) is 53.5 Å². The number of rotatable bonds is 5. The normalized spacial score (nSPS) is 17.3. The second-order valence-electron chi connectivity index (χ2n) is 4.94. The summed E-state index contributed by atoms with van der Waals surface area (Å²) in [6.07, 6.45) is 3.23. The smallest absolute Gasteiger partial charge is 0.254 e. The lowest BCUT2D eigenvalue weighted by Gasteiger charge is -2.26. The molecule has 1 aromatic rings. The zero-order chi connectivity index (χ0) is 14.6. The first-order chi connectivity index (χ1) is 9.53. The van der Waals surface area contributed by atoms with E-state index in [-0.39, 0.29) is 4.90 Å². The molecular weight excluding hydrogens is 342 g/mol. The van der Waals surface area contributed by atoms with Gasteiger partial charge in [-0.1, -0.05) is 12.5 Å². The van der Waals surface area contributed by atoms with E-state index < -0.39 is 10.0 Å². The van der Waals surface area contributed by atoms with Gasteiger partial charge < -0.3 is 5.32 Å². The minimum atomic E-state index is -3.51. The molecule has 0 radical (unpaired) electrons. The molecule has 20 heavy (non-hydrogen) atoms. The van der Waals surface area contributed by atoms with Crippen LogP contribution in [0.15, 0.2) is 27.6 Å². The highest BCUT2D eigenvalue weighted by Gasteiger charge is 2.22. The number of halogens is 1. The molecule has 1 heterocycles. The first kappa shape index (κ1) is 15.9. The highest BCUT2D eigenvalue weighted by atomic mass is 79.9. The number of nitrogens with zero attached hydrogens (tertiary/aromatic N) is 1. The van der Waals surface area contributed by atoms with Crippen LogP contribution in [-0.4, -0.2) is 33.6 Å². The predicted octanol–water partition coefficient (Wildman–Crippen LogP) is 1.85. The largest absolute Gasteiger partial charge is 0.316 e. The molecule has 1 saturated heterocycles. The zero-order valence-corrected chi connectivity index (χ0v) is 13.9. The van der Waals surface area contributed by atoms with Crippen LogP contribution in [0.4, 0.5) is 0 Å². The fourth-order valence-electron chi connectivity index (χ4n) is 2.28. The van der Waals surface area contributed by atoms with Gasteiger partial charge in [-0.15, -0.1) is 4.83 Å². The Hall–Kier alpha value is -0.470. The summed E-state index contributed by atoms with van der Waals surface area (Å²) in [5.74, 6) is 0. The van der Waals surface area contributed by atoms with Crippen LogP contribution >= 0.6 is 15.9 Å². The van der Waals surface area contributed by atoms with Crippen molar-refractivity contribution in [2.24, 2.45) is 0 Å². The maximum atomic E-state index is 12.4. The minimum absolute atomic E-state index is 0.280. The lowest BCUT2D eigenvalue weighted by atomic mass is 10.2. The first-order valence-electron chi connectivity index (χ1n) is 6.73. The molecular formula is C13H20BrN3O2S. The van der Waals surface area contributed by atoms with Crippen LogP contribution in [0.1, 0.15) is 24.8 Å². The molecule has 0 unspecified atom stereocenters. The predicted molar refractivity (Wildman–Crippen MR) is 82.7 cm³/mol. The molecule has 1 aliphatic heterocycles. The van der Waals surface area contributed by atoms with Gasteiger partial charge in [0.1, 0.15) is 0 Å². The fraction of sp³-hybridized carbons (Fsp3) is 0.538. The van der Waals surface area contributed by atoms with E-state index in [0.717, 1.165) is 31.5 Å². The second kappa shape index (κ2) is 7.00. The Kier molecular flexibility index (Phi) is 5.57. The molecule has 0 amide bonds. The van der Waals surface area contributed by atoms with Crippen molar-refractivity contribution in [2.45, 2.75) is 30.7 Å². The van der Waals surface area contributed by atoms with Crippen LogP contribution in [0.3, 0.4) is 0 Å². The minimum Gasteiger partial charge on any atom is -0.316 e. The van der Waals surface area contributed by atoms with Crippen LogP contribution in [0.5, 0.6) is 0 Å². The molecule has 0 saturated carbocycles. The van der Waals surface area contributed by atoms with Gasteiger partial charge in [0, 0.05) is 24.1 Å². The summed E-state index contributed by atoms with van der Waals surface area (Å²) < 4.78 is 25.4. The van der Waals surface area contributed by atoms with E-state index in [0.29, 0.717) is 11.0 Å². The average molecular weight is 362 g/mol. The van der Waals surface area contributed by atoms with Gasteiger partial charge in [-0.2, -0.15) is 0 Å². The van der Waals surface area contributed by atoms with Crippen molar-refractivity contribution in [3.05, 3.63) is 28.2 Å². The molecule has 5 nitrogen and oxygen atoms in total. The van der Waals surface area contributed by atoms with Gasteiger partial charge in [0.2, 0.25) is 0 Å². The Labute approximate surface area is 128 Å². The summed E-state index contributed by atoms with van der Waals surface area (Å²) in [7, 11) is -1.66. The summed E-state index contributed by atoms with van der Waals surface area (Å²) in [5, 5.41) is 4.83.